The van der Waals surface area contributed by atoms with Crippen molar-refractivity contribution in [1.82, 2.24) is 34.5 Å². The highest BCUT2D eigenvalue weighted by atomic mass is 16.6. The molecule has 2 atom stereocenters. The molecule has 2 fully saturated rings. The molecule has 5 N–H and O–H groups in total. The Labute approximate surface area is 392 Å². The number of nitrogens with one attached hydrogen (secondary N) is 3. The number of likely N-dealkylation sites (tertiary alicyclic amines) is 1. The van der Waals surface area contributed by atoms with E-state index in [9.17, 15) is 24.0 Å². The summed E-state index contributed by atoms with van der Waals surface area (Å²) in [5.41, 5.74) is 10.1. The largest absolute Gasteiger partial charge is 0.382 e. The van der Waals surface area contributed by atoms with Crippen molar-refractivity contribution in [3.63, 3.8) is 0 Å². The van der Waals surface area contributed by atoms with Gasteiger partial charge in [0, 0.05) is 61.5 Å². The zero-order chi connectivity index (χ0) is 47.2. The Bertz CT molecular complexity index is 2560. The highest BCUT2D eigenvalue weighted by Gasteiger charge is 2.45. The van der Waals surface area contributed by atoms with Gasteiger partial charge >= 0.3 is 0 Å². The SMILES string of the molecule is Nc1nccn2c([C@@H]3CCCN3CCCOCCOCCOCCOCCOCCNc3cccc4c3C(=O)N(C3CCC(=O)NC3=O)C4=O)nc(-c3ccc(C(=O)Nc4ccccn4)cc3)c12. The minimum atomic E-state index is -1.02. The molecule has 20 nitrogen and oxygen atoms in total. The fourth-order valence-electron chi connectivity index (χ4n) is 8.59. The summed E-state index contributed by atoms with van der Waals surface area (Å²) in [6.07, 6.45) is 8.27. The maximum Gasteiger partial charge on any atom is 0.264 e. The van der Waals surface area contributed by atoms with E-state index in [1.54, 1.807) is 54.9 Å². The summed E-state index contributed by atoms with van der Waals surface area (Å²) in [6, 6.07) is 16.7. The fraction of sp³-hybridized carbons (Fsp3) is 0.417. The summed E-state index contributed by atoms with van der Waals surface area (Å²) in [5, 5.41) is 8.17. The molecule has 20 heteroatoms. The number of carbonyl (C=O) groups is 5. The second-order valence-electron chi connectivity index (χ2n) is 16.3. The number of hydrogen-bond acceptors (Lipinski definition) is 16. The number of pyridine rings is 1. The van der Waals surface area contributed by atoms with Gasteiger partial charge in [0.2, 0.25) is 11.8 Å². The Hall–Kier alpha value is -6.68. The van der Waals surface area contributed by atoms with Crippen LogP contribution in [0.4, 0.5) is 17.3 Å². The number of nitrogens with two attached hydrogens (primary N) is 1. The first-order valence-electron chi connectivity index (χ1n) is 22.9. The molecule has 1 unspecified atom stereocenters. The molecule has 3 aliphatic heterocycles. The number of amides is 5. The van der Waals surface area contributed by atoms with Crippen molar-refractivity contribution >= 4 is 52.4 Å². The molecule has 68 heavy (non-hydrogen) atoms. The summed E-state index contributed by atoms with van der Waals surface area (Å²) in [7, 11) is 0. The van der Waals surface area contributed by atoms with Gasteiger partial charge < -0.3 is 40.1 Å². The molecular weight excluding hydrogens is 877 g/mol. The van der Waals surface area contributed by atoms with E-state index in [1.807, 2.05) is 28.8 Å². The molecule has 8 rings (SSSR count). The van der Waals surface area contributed by atoms with Crippen LogP contribution in [0, 0.1) is 0 Å². The molecule has 3 aromatic heterocycles. The lowest BCUT2D eigenvalue weighted by Gasteiger charge is -2.27. The van der Waals surface area contributed by atoms with Crippen molar-refractivity contribution in [3.8, 4) is 11.3 Å². The van der Waals surface area contributed by atoms with Gasteiger partial charge in [-0.15, -0.1) is 0 Å². The van der Waals surface area contributed by atoms with E-state index >= 15 is 0 Å². The number of imidazole rings is 1. The Morgan fingerprint density at radius 2 is 1.49 bits per heavy atom. The normalized spacial score (nSPS) is 17.3. The number of aromatic nitrogens is 4. The van der Waals surface area contributed by atoms with E-state index in [4.69, 9.17) is 34.4 Å². The molecule has 5 aromatic rings. The molecule has 0 spiro atoms. The molecule has 2 saturated heterocycles. The van der Waals surface area contributed by atoms with Crippen LogP contribution in [-0.2, 0) is 33.3 Å². The van der Waals surface area contributed by atoms with E-state index < -0.39 is 29.7 Å². The lowest BCUT2D eigenvalue weighted by Crippen LogP contribution is -2.54. The van der Waals surface area contributed by atoms with Gasteiger partial charge in [0.25, 0.3) is 17.7 Å². The highest BCUT2D eigenvalue weighted by molar-refractivity contribution is 6.25. The summed E-state index contributed by atoms with van der Waals surface area (Å²) in [5.74, 6) is -0.646. The number of ether oxygens (including phenoxy) is 5. The Kier molecular flexibility index (Phi) is 16.4. The first kappa shape index (κ1) is 47.8. The van der Waals surface area contributed by atoms with Gasteiger partial charge in [-0.25, -0.2) is 15.0 Å². The fourth-order valence-corrected chi connectivity index (χ4v) is 8.59. The number of nitrogens with zero attached hydrogens (tertiary/aromatic N) is 6. The van der Waals surface area contributed by atoms with Crippen LogP contribution in [0.15, 0.2) is 79.3 Å². The van der Waals surface area contributed by atoms with Crippen LogP contribution in [-0.4, -0.2) is 150 Å². The number of rotatable bonds is 25. The predicted octanol–water partition coefficient (Wildman–Crippen LogP) is 3.75. The number of benzene rings is 2. The van der Waals surface area contributed by atoms with Crippen molar-refractivity contribution in [3.05, 3.63) is 102 Å². The van der Waals surface area contributed by atoms with E-state index in [0.29, 0.717) is 95.5 Å². The van der Waals surface area contributed by atoms with E-state index in [2.05, 4.69) is 30.8 Å². The van der Waals surface area contributed by atoms with Crippen LogP contribution in [0.2, 0.25) is 0 Å². The van der Waals surface area contributed by atoms with Gasteiger partial charge in [-0.05, 0) is 68.6 Å². The third kappa shape index (κ3) is 11.5. The number of carbonyl (C=O) groups excluding carboxylic acids is 5. The molecule has 0 saturated carbocycles. The molecule has 358 valence electrons. The van der Waals surface area contributed by atoms with Crippen LogP contribution < -0.4 is 21.7 Å². The lowest BCUT2D eigenvalue weighted by molar-refractivity contribution is -0.136. The van der Waals surface area contributed by atoms with Crippen LogP contribution in [0.3, 0.4) is 0 Å². The first-order valence-corrected chi connectivity index (χ1v) is 22.9. The molecule has 0 aliphatic carbocycles. The molecule has 0 radical (unpaired) electrons. The number of piperidine rings is 1. The van der Waals surface area contributed by atoms with Crippen LogP contribution >= 0.6 is 0 Å². The number of hydrogen-bond donors (Lipinski definition) is 4. The van der Waals surface area contributed by atoms with Crippen LogP contribution in [0.25, 0.3) is 16.8 Å². The maximum atomic E-state index is 13.2. The molecular formula is C48H56N10O10. The van der Waals surface area contributed by atoms with Crippen molar-refractivity contribution in [2.75, 3.05) is 102 Å². The smallest absolute Gasteiger partial charge is 0.264 e. The zero-order valence-corrected chi connectivity index (χ0v) is 37.7. The average molecular weight is 933 g/mol. The minimum absolute atomic E-state index is 0.0601. The van der Waals surface area contributed by atoms with Gasteiger partial charge in [-0.1, -0.05) is 24.3 Å². The quantitative estimate of drug-likeness (QED) is 0.0481. The van der Waals surface area contributed by atoms with Gasteiger partial charge in [-0.3, -0.25) is 43.5 Å². The third-order valence-electron chi connectivity index (χ3n) is 11.9. The number of imide groups is 2. The molecule has 5 amide bonds. The Morgan fingerprint density at radius 1 is 0.765 bits per heavy atom. The number of fused-ring (bicyclic) bond motifs is 2. The average Bonchev–Trinajstić information content (AvgIpc) is 4.05. The van der Waals surface area contributed by atoms with Crippen molar-refractivity contribution in [1.29, 1.82) is 0 Å². The summed E-state index contributed by atoms with van der Waals surface area (Å²) < 4.78 is 30.4. The van der Waals surface area contributed by atoms with Gasteiger partial charge in [0.15, 0.2) is 0 Å². The molecule has 3 aliphatic rings. The van der Waals surface area contributed by atoms with E-state index in [1.165, 1.54) is 0 Å². The summed E-state index contributed by atoms with van der Waals surface area (Å²) in [4.78, 5) is 80.1. The van der Waals surface area contributed by atoms with Gasteiger partial charge in [0.1, 0.15) is 34.7 Å². The third-order valence-corrected chi connectivity index (χ3v) is 11.9. The summed E-state index contributed by atoms with van der Waals surface area (Å²) >= 11 is 0. The van der Waals surface area contributed by atoms with Gasteiger partial charge in [0.05, 0.1) is 76.6 Å². The monoisotopic (exact) mass is 932 g/mol. The Morgan fingerprint density at radius 3 is 2.19 bits per heavy atom. The number of anilines is 3. The topological polar surface area (TPSA) is 243 Å². The molecule has 2 aromatic carbocycles. The van der Waals surface area contributed by atoms with E-state index in [0.717, 1.165) is 59.9 Å². The summed E-state index contributed by atoms with van der Waals surface area (Å²) in [6.45, 7) is 6.54. The van der Waals surface area contributed by atoms with Crippen molar-refractivity contribution in [2.24, 2.45) is 0 Å². The maximum absolute atomic E-state index is 13.2. The predicted molar refractivity (Wildman–Crippen MR) is 249 cm³/mol. The van der Waals surface area contributed by atoms with Crippen molar-refractivity contribution in [2.45, 2.75) is 44.2 Å². The number of nitrogen functional groups attached to an aromatic ring is 1. The van der Waals surface area contributed by atoms with Crippen LogP contribution in [0.1, 0.15) is 75.0 Å². The minimum Gasteiger partial charge on any atom is -0.382 e. The van der Waals surface area contributed by atoms with Gasteiger partial charge in [-0.2, -0.15) is 0 Å². The molecule has 6 heterocycles. The second-order valence-corrected chi connectivity index (χ2v) is 16.3. The van der Waals surface area contributed by atoms with Crippen LogP contribution in [0.5, 0.6) is 0 Å². The standard InChI is InChI=1S/C48H56N10O10/c49-43-42-41(32-10-12-33(13-11-32)45(60)53-38-9-1-2-16-51-38)55-44(57(42)21-17-52-43)36-8-4-19-56(36)20-5-22-64-24-26-66-28-30-68-31-29-67-27-25-65-23-18-50-35-7-3-6-34-40(35)48(63)58(47(34)62)37-14-15-39(59)54-46(37)61/h1-3,6-7,9-13,16-17,21,36-37,50H,4-5,8,14-15,18-20,22-31H2,(H2,49,52)(H,51,53,60)(H,54,59,61)/t36-,37?/m0/s1. The zero-order valence-electron chi connectivity index (χ0n) is 37.7. The molecule has 0 bridgehead atoms. The lowest BCUT2D eigenvalue weighted by atomic mass is 10.0. The highest BCUT2D eigenvalue weighted by Crippen LogP contribution is 2.37. The second kappa shape index (κ2) is 23.4. The van der Waals surface area contributed by atoms with Crippen molar-refractivity contribution < 1.29 is 47.7 Å². The Balaban J connectivity index is 0.654. The first-order chi connectivity index (χ1) is 33.3. The van der Waals surface area contributed by atoms with E-state index in [-0.39, 0.29) is 35.9 Å².